The highest BCUT2D eigenvalue weighted by atomic mass is 32.2. The van der Waals surface area contributed by atoms with E-state index < -0.39 is 22.5 Å². The van der Waals surface area contributed by atoms with E-state index in [2.05, 4.69) is 47.1 Å². The van der Waals surface area contributed by atoms with Gasteiger partial charge in [-0.1, -0.05) is 35.9 Å². The quantitative estimate of drug-likeness (QED) is 0.235. The Kier molecular flexibility index (Phi) is 8.21. The smallest absolute Gasteiger partial charge is 0.264 e. The van der Waals surface area contributed by atoms with Gasteiger partial charge in [-0.2, -0.15) is 5.10 Å². The molecule has 1 N–H and O–H groups in total. The number of carbonyl (C=O) groups is 1. The number of sulfonamides is 1. The molecule has 0 radical (unpaired) electrons. The van der Waals surface area contributed by atoms with E-state index in [9.17, 15) is 13.2 Å². The zero-order valence-corrected chi connectivity index (χ0v) is 23.5. The van der Waals surface area contributed by atoms with Gasteiger partial charge in [-0.05, 0) is 81.8 Å². The summed E-state index contributed by atoms with van der Waals surface area (Å²) in [5, 5.41) is 4.14. The average molecular weight is 545 g/mol. The molecule has 8 nitrogen and oxygen atoms in total. The number of aromatic nitrogens is 1. The number of nitrogens with zero attached hydrogens (tertiary/aromatic N) is 3. The van der Waals surface area contributed by atoms with Crippen molar-refractivity contribution < 1.29 is 17.9 Å². The van der Waals surface area contributed by atoms with E-state index in [0.29, 0.717) is 11.4 Å². The molecule has 0 fully saturated rings. The molecule has 3 aromatic carbocycles. The molecule has 39 heavy (non-hydrogen) atoms. The van der Waals surface area contributed by atoms with Crippen molar-refractivity contribution in [2.75, 3.05) is 18.0 Å². The number of rotatable bonds is 9. The van der Waals surface area contributed by atoms with Gasteiger partial charge in [-0.25, -0.2) is 13.8 Å². The number of hydrogen-bond donors (Lipinski definition) is 1. The average Bonchev–Trinajstić information content (AvgIpc) is 3.20. The van der Waals surface area contributed by atoms with Crippen molar-refractivity contribution in [3.63, 3.8) is 0 Å². The number of hydrogen-bond acceptors (Lipinski definition) is 5. The lowest BCUT2D eigenvalue weighted by molar-refractivity contribution is -0.119. The fourth-order valence-corrected chi connectivity index (χ4v) is 5.89. The van der Waals surface area contributed by atoms with Gasteiger partial charge in [-0.15, -0.1) is 0 Å². The monoisotopic (exact) mass is 544 g/mol. The van der Waals surface area contributed by atoms with Crippen LogP contribution in [-0.4, -0.2) is 38.8 Å². The largest absolute Gasteiger partial charge is 0.497 e. The fraction of sp³-hybridized carbons (Fsp3) is 0.200. The van der Waals surface area contributed by atoms with Crippen molar-refractivity contribution >= 4 is 27.8 Å². The third-order valence-electron chi connectivity index (χ3n) is 6.44. The Hall–Kier alpha value is -4.37. The Balaban J connectivity index is 1.54. The Bertz CT molecular complexity index is 1610. The summed E-state index contributed by atoms with van der Waals surface area (Å²) in [5.74, 6) is -0.0421. The summed E-state index contributed by atoms with van der Waals surface area (Å²) >= 11 is 0. The lowest BCUT2D eigenvalue weighted by Crippen LogP contribution is -2.39. The number of anilines is 1. The van der Waals surface area contributed by atoms with Gasteiger partial charge in [0.05, 0.1) is 23.9 Å². The minimum Gasteiger partial charge on any atom is -0.497 e. The molecule has 0 atom stereocenters. The second-order valence-electron chi connectivity index (χ2n) is 9.27. The summed E-state index contributed by atoms with van der Waals surface area (Å²) in [7, 11) is -2.53. The first-order valence-corrected chi connectivity index (χ1v) is 13.9. The van der Waals surface area contributed by atoms with Crippen LogP contribution in [0.5, 0.6) is 5.75 Å². The molecule has 0 unspecified atom stereocenters. The van der Waals surface area contributed by atoms with Crippen LogP contribution in [0.1, 0.15) is 28.1 Å². The molecule has 0 aliphatic rings. The molecule has 0 aliphatic carbocycles. The molecule has 0 saturated carbocycles. The van der Waals surface area contributed by atoms with Crippen molar-refractivity contribution in [1.29, 1.82) is 0 Å². The maximum atomic E-state index is 13.5. The van der Waals surface area contributed by atoms with Crippen molar-refractivity contribution in [2.24, 2.45) is 5.10 Å². The molecule has 0 bridgehead atoms. The number of ether oxygens (including phenoxy) is 1. The number of carbonyl (C=O) groups excluding carboxylic acids is 1. The zero-order valence-electron chi connectivity index (χ0n) is 22.7. The minimum atomic E-state index is -4.04. The molecular formula is C30H32N4O4S. The van der Waals surface area contributed by atoms with Gasteiger partial charge in [0.1, 0.15) is 12.3 Å². The third kappa shape index (κ3) is 6.04. The topological polar surface area (TPSA) is 93.0 Å². The number of nitrogens with one attached hydrogen (secondary N) is 1. The van der Waals surface area contributed by atoms with Gasteiger partial charge >= 0.3 is 0 Å². The highest BCUT2D eigenvalue weighted by Gasteiger charge is 2.27. The molecule has 9 heteroatoms. The van der Waals surface area contributed by atoms with E-state index in [1.54, 1.807) is 48.7 Å². The first-order valence-electron chi connectivity index (χ1n) is 12.4. The van der Waals surface area contributed by atoms with E-state index in [1.807, 2.05) is 19.9 Å². The number of para-hydroxylation sites is 1. The highest BCUT2D eigenvalue weighted by Crippen LogP contribution is 2.25. The number of hydrazone groups is 1. The summed E-state index contributed by atoms with van der Waals surface area (Å²) < 4.78 is 35.3. The molecule has 202 valence electrons. The molecule has 1 amide bonds. The number of aryl methyl sites for hydroxylation is 3. The fourth-order valence-electron chi connectivity index (χ4n) is 4.47. The molecular weight excluding hydrogens is 512 g/mol. The van der Waals surface area contributed by atoms with Crippen LogP contribution in [0.15, 0.2) is 88.9 Å². The Morgan fingerprint density at radius 2 is 1.67 bits per heavy atom. The van der Waals surface area contributed by atoms with Gasteiger partial charge in [0.25, 0.3) is 15.9 Å². The second kappa shape index (κ2) is 11.6. The molecule has 0 spiro atoms. The summed E-state index contributed by atoms with van der Waals surface area (Å²) in [6, 6.07) is 22.8. The van der Waals surface area contributed by atoms with Crippen LogP contribution in [0.3, 0.4) is 0 Å². The van der Waals surface area contributed by atoms with Gasteiger partial charge in [0.15, 0.2) is 0 Å². The molecule has 4 rings (SSSR count). The SMILES string of the molecule is COc1ccc(S(=O)(=O)N(CC(=O)N/N=C/c2cc(C)n(-c3ccc(C)cc3C)c2C)c2ccccc2)cc1. The van der Waals surface area contributed by atoms with Crippen molar-refractivity contribution in [1.82, 2.24) is 9.99 Å². The van der Waals surface area contributed by atoms with Gasteiger partial charge < -0.3 is 9.30 Å². The standard InChI is InChI=1S/C30H32N4O4S/c1-21-11-16-29(22(2)17-21)34-23(3)18-25(24(34)4)19-31-32-30(35)20-33(26-9-7-6-8-10-26)39(36,37)28-14-12-27(38-5)13-15-28/h6-19H,20H2,1-5H3,(H,32,35)/b31-19+. The van der Waals surface area contributed by atoms with Crippen molar-refractivity contribution in [3.05, 3.63) is 107 Å². The highest BCUT2D eigenvalue weighted by molar-refractivity contribution is 7.92. The van der Waals surface area contributed by atoms with Crippen LogP contribution in [0, 0.1) is 27.7 Å². The van der Waals surface area contributed by atoms with E-state index in [1.165, 1.54) is 24.8 Å². The zero-order chi connectivity index (χ0) is 28.2. The van der Waals surface area contributed by atoms with Crippen molar-refractivity contribution in [2.45, 2.75) is 32.6 Å². The molecule has 0 saturated heterocycles. The Morgan fingerprint density at radius 1 is 0.974 bits per heavy atom. The van der Waals surface area contributed by atoms with E-state index in [4.69, 9.17) is 4.74 Å². The maximum absolute atomic E-state index is 13.5. The van der Waals surface area contributed by atoms with Crippen LogP contribution in [-0.2, 0) is 14.8 Å². The second-order valence-corrected chi connectivity index (χ2v) is 11.1. The molecule has 1 aromatic heterocycles. The Labute approximate surface area is 229 Å². The van der Waals surface area contributed by atoms with Gasteiger partial charge in [-0.3, -0.25) is 9.10 Å². The van der Waals surface area contributed by atoms with Crippen LogP contribution < -0.4 is 14.5 Å². The van der Waals surface area contributed by atoms with Crippen LogP contribution in [0.2, 0.25) is 0 Å². The first kappa shape index (κ1) is 27.7. The minimum absolute atomic E-state index is 0.0438. The summed E-state index contributed by atoms with van der Waals surface area (Å²) in [6.07, 6.45) is 1.57. The third-order valence-corrected chi connectivity index (χ3v) is 8.22. The lowest BCUT2D eigenvalue weighted by atomic mass is 10.1. The molecule has 0 aliphatic heterocycles. The molecule has 1 heterocycles. The normalized spacial score (nSPS) is 11.5. The van der Waals surface area contributed by atoms with Gasteiger partial charge in [0.2, 0.25) is 0 Å². The van der Waals surface area contributed by atoms with Crippen LogP contribution in [0.4, 0.5) is 5.69 Å². The van der Waals surface area contributed by atoms with Crippen LogP contribution >= 0.6 is 0 Å². The van der Waals surface area contributed by atoms with Crippen molar-refractivity contribution in [3.8, 4) is 11.4 Å². The number of benzene rings is 3. The van der Waals surface area contributed by atoms with E-state index in [0.717, 1.165) is 32.5 Å². The summed E-state index contributed by atoms with van der Waals surface area (Å²) in [4.78, 5) is 12.9. The number of methoxy groups -OCH3 is 1. The van der Waals surface area contributed by atoms with Crippen LogP contribution in [0.25, 0.3) is 5.69 Å². The predicted octanol–water partition coefficient (Wildman–Crippen LogP) is 5.07. The summed E-state index contributed by atoms with van der Waals surface area (Å²) in [6.45, 7) is 7.71. The van der Waals surface area contributed by atoms with E-state index in [-0.39, 0.29) is 4.90 Å². The number of amides is 1. The Morgan fingerprint density at radius 3 is 2.31 bits per heavy atom. The maximum Gasteiger partial charge on any atom is 0.264 e. The molecule has 4 aromatic rings. The lowest BCUT2D eigenvalue weighted by Gasteiger charge is -2.23. The van der Waals surface area contributed by atoms with E-state index >= 15 is 0 Å². The van der Waals surface area contributed by atoms with Gasteiger partial charge in [0, 0.05) is 22.6 Å². The first-order chi connectivity index (χ1) is 18.6. The predicted molar refractivity (Wildman–Crippen MR) is 154 cm³/mol. The summed E-state index contributed by atoms with van der Waals surface area (Å²) in [5.41, 5.74) is 9.15.